The van der Waals surface area contributed by atoms with Gasteiger partial charge in [0.15, 0.2) is 0 Å². The van der Waals surface area contributed by atoms with Crippen LogP contribution >= 0.6 is 0 Å². The molecule has 1 aliphatic rings. The van der Waals surface area contributed by atoms with Gasteiger partial charge in [0, 0.05) is 25.7 Å². The molecule has 0 aliphatic carbocycles. The lowest BCUT2D eigenvalue weighted by Gasteiger charge is -2.29. The van der Waals surface area contributed by atoms with Crippen LogP contribution in [0.1, 0.15) is 19.7 Å². The number of carbonyl (C=O) groups is 1. The first-order valence-electron chi connectivity index (χ1n) is 7.32. The fourth-order valence-corrected chi connectivity index (χ4v) is 2.25. The van der Waals surface area contributed by atoms with E-state index >= 15 is 0 Å². The monoisotopic (exact) mass is 293 g/mol. The predicted molar refractivity (Wildman–Crippen MR) is 81.4 cm³/mol. The molecular weight excluding hydrogens is 270 g/mol. The number of aryl methyl sites for hydroxylation is 1. The smallest absolute Gasteiger partial charge is 0.244 e. The third-order valence-electron chi connectivity index (χ3n) is 3.25. The molecule has 1 atom stereocenters. The molecule has 1 aliphatic heterocycles. The van der Waals surface area contributed by atoms with Gasteiger partial charge in [0.25, 0.3) is 0 Å². The predicted octanol–water partition coefficient (Wildman–Crippen LogP) is 0.876. The van der Waals surface area contributed by atoms with Crippen LogP contribution < -0.4 is 10.6 Å². The van der Waals surface area contributed by atoms with E-state index in [1.165, 1.54) is 0 Å². The third-order valence-corrected chi connectivity index (χ3v) is 3.25. The Bertz CT molecular complexity index is 488. The van der Waals surface area contributed by atoms with Crippen LogP contribution in [-0.2, 0) is 9.53 Å². The molecule has 1 amide bonds. The van der Waals surface area contributed by atoms with Crippen molar-refractivity contribution in [3.63, 3.8) is 0 Å². The molecule has 21 heavy (non-hydrogen) atoms. The van der Waals surface area contributed by atoms with Gasteiger partial charge in [-0.05, 0) is 20.8 Å². The van der Waals surface area contributed by atoms with Gasteiger partial charge in [-0.1, -0.05) is 0 Å². The van der Waals surface area contributed by atoms with Crippen LogP contribution in [-0.4, -0.2) is 59.7 Å². The molecule has 116 valence electrons. The molecule has 7 nitrogen and oxygen atoms in total. The molecule has 1 aromatic rings. The molecule has 1 aromatic heterocycles. The van der Waals surface area contributed by atoms with E-state index in [-0.39, 0.29) is 11.9 Å². The zero-order valence-electron chi connectivity index (χ0n) is 12.8. The van der Waals surface area contributed by atoms with Gasteiger partial charge in [0.05, 0.1) is 13.2 Å². The van der Waals surface area contributed by atoms with Crippen LogP contribution in [0.3, 0.4) is 0 Å². The lowest BCUT2D eigenvalue weighted by atomic mass is 10.2. The summed E-state index contributed by atoms with van der Waals surface area (Å²) in [5.41, 5.74) is 0. The van der Waals surface area contributed by atoms with Crippen molar-refractivity contribution in [3.05, 3.63) is 11.9 Å². The van der Waals surface area contributed by atoms with E-state index in [4.69, 9.17) is 4.74 Å². The highest BCUT2D eigenvalue weighted by atomic mass is 16.5. The second-order valence-electron chi connectivity index (χ2n) is 5.02. The summed E-state index contributed by atoms with van der Waals surface area (Å²) >= 11 is 0. The molecule has 1 fully saturated rings. The molecule has 7 heteroatoms. The highest BCUT2D eigenvalue weighted by Crippen LogP contribution is 2.13. The number of nitrogens with one attached hydrogen (secondary N) is 2. The molecule has 2 rings (SSSR count). The number of rotatable bonds is 5. The van der Waals surface area contributed by atoms with Crippen LogP contribution in [0, 0.1) is 6.92 Å². The Morgan fingerprint density at radius 2 is 2.05 bits per heavy atom. The van der Waals surface area contributed by atoms with Crippen molar-refractivity contribution < 1.29 is 9.53 Å². The summed E-state index contributed by atoms with van der Waals surface area (Å²) in [5.74, 6) is 2.16. The Hall–Kier alpha value is -1.89. The summed E-state index contributed by atoms with van der Waals surface area (Å²) in [6.07, 6.45) is 0. The first-order valence-corrected chi connectivity index (χ1v) is 7.32. The first kappa shape index (κ1) is 15.5. The molecule has 1 saturated heterocycles. The van der Waals surface area contributed by atoms with Crippen molar-refractivity contribution in [1.29, 1.82) is 0 Å². The first-order chi connectivity index (χ1) is 10.1. The van der Waals surface area contributed by atoms with Gasteiger partial charge in [0.2, 0.25) is 5.91 Å². The van der Waals surface area contributed by atoms with Crippen LogP contribution in [0.25, 0.3) is 0 Å². The molecule has 0 saturated carbocycles. The number of ether oxygens (including phenoxy) is 1. The minimum Gasteiger partial charge on any atom is -0.378 e. The lowest BCUT2D eigenvalue weighted by Crippen LogP contribution is -2.47. The average Bonchev–Trinajstić information content (AvgIpc) is 2.47. The number of nitrogens with zero attached hydrogens (tertiary/aromatic N) is 3. The summed E-state index contributed by atoms with van der Waals surface area (Å²) < 4.78 is 5.26. The summed E-state index contributed by atoms with van der Waals surface area (Å²) in [6, 6.07) is 1.49. The van der Waals surface area contributed by atoms with Crippen molar-refractivity contribution in [2.75, 3.05) is 43.5 Å². The number of aromatic nitrogens is 2. The van der Waals surface area contributed by atoms with Crippen molar-refractivity contribution >= 4 is 17.5 Å². The lowest BCUT2D eigenvalue weighted by molar-refractivity contribution is -0.135. The molecule has 0 aromatic carbocycles. The molecule has 0 radical (unpaired) electrons. The van der Waals surface area contributed by atoms with E-state index in [1.54, 1.807) is 0 Å². The molecule has 2 heterocycles. The van der Waals surface area contributed by atoms with Gasteiger partial charge in [-0.2, -0.15) is 0 Å². The third kappa shape index (κ3) is 4.29. The second kappa shape index (κ2) is 7.21. The number of carbonyl (C=O) groups excluding carboxylic acids is 1. The largest absolute Gasteiger partial charge is 0.378 e. The van der Waals surface area contributed by atoms with Gasteiger partial charge in [-0.25, -0.2) is 9.97 Å². The Morgan fingerprint density at radius 1 is 1.38 bits per heavy atom. The minimum absolute atomic E-state index is 0.0690. The Kier molecular flexibility index (Phi) is 5.32. The van der Waals surface area contributed by atoms with Crippen molar-refractivity contribution in [3.8, 4) is 0 Å². The second-order valence-corrected chi connectivity index (χ2v) is 5.02. The van der Waals surface area contributed by atoms with Crippen molar-refractivity contribution in [2.24, 2.45) is 0 Å². The van der Waals surface area contributed by atoms with E-state index in [9.17, 15) is 4.79 Å². The van der Waals surface area contributed by atoms with E-state index in [1.807, 2.05) is 31.7 Å². The summed E-state index contributed by atoms with van der Waals surface area (Å²) in [4.78, 5) is 22.8. The standard InChI is InChI=1S/C14H23N5O2/c1-4-15-12-9-13(18-11(3)17-12)16-10(2)14(20)19-5-7-21-8-6-19/h9-10H,4-8H2,1-3H3,(H2,15,16,17,18). The molecular formula is C14H23N5O2. The normalized spacial score (nSPS) is 16.4. The SMILES string of the molecule is CCNc1cc(NC(C)C(=O)N2CCOCC2)nc(C)n1. The van der Waals surface area contributed by atoms with E-state index in [0.717, 1.165) is 12.4 Å². The summed E-state index contributed by atoms with van der Waals surface area (Å²) in [5, 5.41) is 6.31. The van der Waals surface area contributed by atoms with E-state index in [2.05, 4.69) is 20.6 Å². The van der Waals surface area contributed by atoms with Gasteiger partial charge in [-0.15, -0.1) is 0 Å². The maximum Gasteiger partial charge on any atom is 0.244 e. The van der Waals surface area contributed by atoms with Crippen LogP contribution in [0.2, 0.25) is 0 Å². The molecule has 2 N–H and O–H groups in total. The summed E-state index contributed by atoms with van der Waals surface area (Å²) in [6.45, 7) is 8.99. The summed E-state index contributed by atoms with van der Waals surface area (Å²) in [7, 11) is 0. The minimum atomic E-state index is -0.327. The number of morpholine rings is 1. The molecule has 1 unspecified atom stereocenters. The van der Waals surface area contributed by atoms with Crippen LogP contribution in [0.15, 0.2) is 6.07 Å². The van der Waals surface area contributed by atoms with Crippen LogP contribution in [0.5, 0.6) is 0 Å². The topological polar surface area (TPSA) is 79.4 Å². The van der Waals surface area contributed by atoms with Crippen molar-refractivity contribution in [1.82, 2.24) is 14.9 Å². The highest BCUT2D eigenvalue weighted by molar-refractivity contribution is 5.84. The fraction of sp³-hybridized carbons (Fsp3) is 0.643. The zero-order valence-corrected chi connectivity index (χ0v) is 12.8. The zero-order chi connectivity index (χ0) is 15.2. The van der Waals surface area contributed by atoms with Gasteiger partial charge in [0.1, 0.15) is 23.5 Å². The van der Waals surface area contributed by atoms with E-state index in [0.29, 0.717) is 37.9 Å². The Balaban J connectivity index is 2.01. The fourth-order valence-electron chi connectivity index (χ4n) is 2.25. The highest BCUT2D eigenvalue weighted by Gasteiger charge is 2.22. The number of amides is 1. The number of hydrogen-bond donors (Lipinski definition) is 2. The van der Waals surface area contributed by atoms with Crippen molar-refractivity contribution in [2.45, 2.75) is 26.8 Å². The average molecular weight is 293 g/mol. The molecule has 0 spiro atoms. The van der Waals surface area contributed by atoms with Gasteiger partial charge >= 0.3 is 0 Å². The maximum absolute atomic E-state index is 12.3. The maximum atomic E-state index is 12.3. The van der Waals surface area contributed by atoms with E-state index < -0.39 is 0 Å². The number of hydrogen-bond acceptors (Lipinski definition) is 6. The Morgan fingerprint density at radius 3 is 2.71 bits per heavy atom. The number of anilines is 2. The quantitative estimate of drug-likeness (QED) is 0.839. The van der Waals surface area contributed by atoms with Crippen LogP contribution in [0.4, 0.5) is 11.6 Å². The molecule has 0 bridgehead atoms. The van der Waals surface area contributed by atoms with Gasteiger partial charge in [-0.3, -0.25) is 4.79 Å². The van der Waals surface area contributed by atoms with Gasteiger partial charge < -0.3 is 20.3 Å². The Labute approximate surface area is 125 Å².